The third kappa shape index (κ3) is 3.28. The molecular weight excluding hydrogens is 176 g/mol. The third-order valence-electron chi connectivity index (χ3n) is 1.60. The summed E-state index contributed by atoms with van der Waals surface area (Å²) in [5, 5.41) is 12.2. The molecule has 1 rings (SSSR count). The monoisotopic (exact) mass is 187 g/mol. The zero-order valence-electron chi connectivity index (χ0n) is 8.03. The lowest BCUT2D eigenvalue weighted by Gasteiger charge is -1.98. The molecule has 0 heterocycles. The molecule has 0 bridgehead atoms. The van der Waals surface area contributed by atoms with E-state index in [-0.39, 0.29) is 0 Å². The van der Waals surface area contributed by atoms with E-state index in [0.29, 0.717) is 12.2 Å². The lowest BCUT2D eigenvalue weighted by molar-refractivity contribution is 0.131. The smallest absolute Gasteiger partial charge is 0.142 e. The van der Waals surface area contributed by atoms with Crippen molar-refractivity contribution in [2.75, 3.05) is 0 Å². The van der Waals surface area contributed by atoms with Crippen LogP contribution in [-0.2, 0) is 11.4 Å². The van der Waals surface area contributed by atoms with Crippen molar-refractivity contribution >= 4 is 6.21 Å². The van der Waals surface area contributed by atoms with E-state index < -0.39 is 0 Å². The molecule has 1 radical (unpaired) electrons. The van der Waals surface area contributed by atoms with Crippen LogP contribution in [0.15, 0.2) is 29.4 Å². The molecule has 0 aliphatic carbocycles. The normalized spacial score (nSPS) is 10.0. The molecule has 0 aliphatic rings. The summed E-state index contributed by atoms with van der Waals surface area (Å²) in [4.78, 5) is 4.96. The molecule has 0 fully saturated rings. The Kier molecular flexibility index (Phi) is 4.22. The number of rotatable bonds is 4. The fourth-order valence-corrected chi connectivity index (χ4v) is 0.893. The van der Waals surface area contributed by atoms with Gasteiger partial charge in [0.1, 0.15) is 12.8 Å². The fraction of sp³-hybridized carbons (Fsp3) is 0.273. The summed E-state index contributed by atoms with van der Waals surface area (Å²) in [6, 6.07) is 9.26. The van der Waals surface area contributed by atoms with Crippen LogP contribution < -0.4 is 0 Å². The predicted molar refractivity (Wildman–Crippen MR) is 53.7 cm³/mol. The third-order valence-corrected chi connectivity index (χ3v) is 1.60. The lowest BCUT2D eigenvalue weighted by Crippen LogP contribution is -1.87. The predicted octanol–water partition coefficient (Wildman–Crippen LogP) is 2.35. The van der Waals surface area contributed by atoms with E-state index >= 15 is 0 Å². The Morgan fingerprint density at radius 2 is 2.07 bits per heavy atom. The largest absolute Gasteiger partial charge is 0.391 e. The molecule has 3 nitrogen and oxygen atoms in total. The number of nitriles is 1. The molecule has 0 N–H and O–H groups in total. The second-order valence-electron chi connectivity index (χ2n) is 2.69. The standard InChI is InChI=1S/C11H11N2O/c1-2-7-13-14-9-11-5-3-10(8-12)4-6-11/h3-6H,2,9H2,1H3. The molecule has 1 aromatic carbocycles. The second kappa shape index (κ2) is 5.76. The average molecular weight is 187 g/mol. The van der Waals surface area contributed by atoms with Crippen molar-refractivity contribution in [3.05, 3.63) is 35.4 Å². The van der Waals surface area contributed by atoms with Gasteiger partial charge in [0.15, 0.2) is 0 Å². The molecule has 0 amide bonds. The molecule has 0 unspecified atom stereocenters. The number of benzene rings is 1. The highest BCUT2D eigenvalue weighted by Gasteiger charge is 1.93. The van der Waals surface area contributed by atoms with E-state index in [0.717, 1.165) is 12.0 Å². The van der Waals surface area contributed by atoms with Crippen molar-refractivity contribution in [2.45, 2.75) is 20.0 Å². The van der Waals surface area contributed by atoms with Gasteiger partial charge in [0.05, 0.1) is 11.6 Å². The lowest BCUT2D eigenvalue weighted by atomic mass is 10.2. The Bertz CT molecular complexity index is 335. The Morgan fingerprint density at radius 1 is 1.36 bits per heavy atom. The first-order chi connectivity index (χ1) is 6.86. The first kappa shape index (κ1) is 10.3. The summed E-state index contributed by atoms with van der Waals surface area (Å²) in [6.07, 6.45) is 3.43. The highest BCUT2D eigenvalue weighted by molar-refractivity contribution is 5.55. The minimum absolute atomic E-state index is 0.415. The molecule has 0 spiro atoms. The Morgan fingerprint density at radius 3 is 2.64 bits per heavy atom. The van der Waals surface area contributed by atoms with E-state index in [4.69, 9.17) is 10.1 Å². The van der Waals surface area contributed by atoms with Gasteiger partial charge in [-0.1, -0.05) is 24.2 Å². The topological polar surface area (TPSA) is 45.4 Å². The molecule has 0 atom stereocenters. The summed E-state index contributed by atoms with van der Waals surface area (Å²) in [5.41, 5.74) is 1.64. The van der Waals surface area contributed by atoms with Crippen LogP contribution in [-0.4, -0.2) is 6.21 Å². The van der Waals surface area contributed by atoms with Crippen LogP contribution in [0.25, 0.3) is 0 Å². The van der Waals surface area contributed by atoms with Crippen LogP contribution in [0.3, 0.4) is 0 Å². The van der Waals surface area contributed by atoms with Gasteiger partial charge in [-0.15, -0.1) is 0 Å². The van der Waals surface area contributed by atoms with Crippen LogP contribution in [0.4, 0.5) is 0 Å². The maximum absolute atomic E-state index is 8.56. The van der Waals surface area contributed by atoms with Gasteiger partial charge < -0.3 is 4.84 Å². The van der Waals surface area contributed by atoms with Crippen molar-refractivity contribution in [3.8, 4) is 6.07 Å². The molecule has 1 aromatic rings. The zero-order valence-corrected chi connectivity index (χ0v) is 8.03. The van der Waals surface area contributed by atoms with Crippen molar-refractivity contribution in [1.29, 1.82) is 5.26 Å². The first-order valence-electron chi connectivity index (χ1n) is 4.40. The second-order valence-corrected chi connectivity index (χ2v) is 2.69. The van der Waals surface area contributed by atoms with E-state index in [2.05, 4.69) is 17.4 Å². The SMILES string of the molecule is CC[C]=NOCc1ccc(C#N)cc1. The van der Waals surface area contributed by atoms with E-state index in [1.54, 1.807) is 12.1 Å². The van der Waals surface area contributed by atoms with Gasteiger partial charge in [-0.3, -0.25) is 0 Å². The van der Waals surface area contributed by atoms with Crippen LogP contribution in [0, 0.1) is 11.3 Å². The minimum atomic E-state index is 0.415. The highest BCUT2D eigenvalue weighted by atomic mass is 16.6. The molecule has 14 heavy (non-hydrogen) atoms. The van der Waals surface area contributed by atoms with Crippen LogP contribution in [0.2, 0.25) is 0 Å². The van der Waals surface area contributed by atoms with Crippen LogP contribution in [0.1, 0.15) is 24.5 Å². The minimum Gasteiger partial charge on any atom is -0.391 e. The van der Waals surface area contributed by atoms with Gasteiger partial charge >= 0.3 is 0 Å². The number of nitrogens with zero attached hydrogens (tertiary/aromatic N) is 2. The van der Waals surface area contributed by atoms with Gasteiger partial charge in [-0.25, -0.2) is 0 Å². The van der Waals surface area contributed by atoms with Crippen LogP contribution >= 0.6 is 0 Å². The fourth-order valence-electron chi connectivity index (χ4n) is 0.893. The Hall–Kier alpha value is -1.82. The average Bonchev–Trinajstić information content (AvgIpc) is 2.25. The van der Waals surface area contributed by atoms with Crippen molar-refractivity contribution in [1.82, 2.24) is 0 Å². The quantitative estimate of drug-likeness (QED) is 0.536. The van der Waals surface area contributed by atoms with Crippen molar-refractivity contribution < 1.29 is 4.84 Å². The molecule has 3 heteroatoms. The molecule has 71 valence electrons. The van der Waals surface area contributed by atoms with Gasteiger partial charge in [-0.2, -0.15) is 5.26 Å². The van der Waals surface area contributed by atoms with Crippen molar-refractivity contribution in [3.63, 3.8) is 0 Å². The van der Waals surface area contributed by atoms with Crippen LogP contribution in [0.5, 0.6) is 0 Å². The Balaban J connectivity index is 2.45. The zero-order chi connectivity index (χ0) is 10.2. The summed E-state index contributed by atoms with van der Waals surface area (Å²) < 4.78 is 0. The molecule has 0 aromatic heterocycles. The van der Waals surface area contributed by atoms with Gasteiger partial charge in [0.25, 0.3) is 0 Å². The molecular formula is C11H11N2O. The molecule has 0 saturated heterocycles. The summed E-state index contributed by atoms with van der Waals surface area (Å²) >= 11 is 0. The van der Waals surface area contributed by atoms with Crippen molar-refractivity contribution in [2.24, 2.45) is 5.16 Å². The van der Waals surface area contributed by atoms with E-state index in [9.17, 15) is 0 Å². The summed E-state index contributed by atoms with van der Waals surface area (Å²) in [6.45, 7) is 2.35. The highest BCUT2D eigenvalue weighted by Crippen LogP contribution is 2.04. The molecule has 0 saturated carbocycles. The number of hydrogen-bond donors (Lipinski definition) is 0. The maximum Gasteiger partial charge on any atom is 0.142 e. The van der Waals surface area contributed by atoms with E-state index in [1.165, 1.54) is 0 Å². The molecule has 0 aliphatic heterocycles. The summed E-state index contributed by atoms with van der Waals surface area (Å²) in [7, 11) is 0. The number of hydrogen-bond acceptors (Lipinski definition) is 3. The maximum atomic E-state index is 8.56. The van der Waals surface area contributed by atoms with Gasteiger partial charge in [0, 0.05) is 0 Å². The first-order valence-corrected chi connectivity index (χ1v) is 4.40. The van der Waals surface area contributed by atoms with Gasteiger partial charge in [0.2, 0.25) is 0 Å². The van der Waals surface area contributed by atoms with E-state index in [1.807, 2.05) is 19.1 Å². The van der Waals surface area contributed by atoms with Gasteiger partial charge in [-0.05, 0) is 24.1 Å². The summed E-state index contributed by atoms with van der Waals surface area (Å²) in [5.74, 6) is 0. The Labute approximate surface area is 83.6 Å².